The Kier molecular flexibility index (Phi) is 5.03. The number of aryl methyl sites for hydroxylation is 3. The number of carbonyl (C=O) groups is 1. The Balaban J connectivity index is 1.62. The van der Waals surface area contributed by atoms with Gasteiger partial charge in [-0.2, -0.15) is 0 Å². The molecule has 0 saturated carbocycles. The molecule has 3 rings (SSSR count). The van der Waals surface area contributed by atoms with Crippen LogP contribution in [0.4, 0.5) is 0 Å². The van der Waals surface area contributed by atoms with Gasteiger partial charge in [-0.25, -0.2) is 0 Å². The van der Waals surface area contributed by atoms with E-state index >= 15 is 0 Å². The van der Waals surface area contributed by atoms with Crippen LogP contribution in [0.15, 0.2) is 42.5 Å². The Bertz CT molecular complexity index is 712. The first-order valence-electron chi connectivity index (χ1n) is 8.95. The molecule has 1 heterocycles. The van der Waals surface area contributed by atoms with Crippen LogP contribution in [0.5, 0.6) is 0 Å². The number of likely N-dealkylation sites (tertiary alicyclic amines) is 1. The van der Waals surface area contributed by atoms with E-state index in [9.17, 15) is 4.79 Å². The van der Waals surface area contributed by atoms with Gasteiger partial charge in [-0.05, 0) is 74.3 Å². The van der Waals surface area contributed by atoms with Gasteiger partial charge in [0.1, 0.15) is 0 Å². The van der Waals surface area contributed by atoms with Gasteiger partial charge < -0.3 is 4.90 Å². The van der Waals surface area contributed by atoms with Crippen molar-refractivity contribution in [1.29, 1.82) is 0 Å². The summed E-state index contributed by atoms with van der Waals surface area (Å²) in [5, 5.41) is 0. The molecular weight excluding hydrogens is 294 g/mol. The summed E-state index contributed by atoms with van der Waals surface area (Å²) in [6.07, 6.45) is 3.33. The van der Waals surface area contributed by atoms with Gasteiger partial charge in [-0.15, -0.1) is 0 Å². The topological polar surface area (TPSA) is 20.3 Å². The minimum absolute atomic E-state index is 0.203. The maximum atomic E-state index is 12.9. The van der Waals surface area contributed by atoms with Crippen molar-refractivity contribution in [2.75, 3.05) is 13.1 Å². The van der Waals surface area contributed by atoms with Crippen LogP contribution in [0.25, 0.3) is 0 Å². The van der Waals surface area contributed by atoms with Crippen LogP contribution in [0.1, 0.15) is 45.5 Å². The second kappa shape index (κ2) is 7.21. The van der Waals surface area contributed by atoms with Crippen molar-refractivity contribution in [3.63, 3.8) is 0 Å². The molecule has 1 aliphatic heterocycles. The molecule has 2 aromatic rings. The molecule has 0 unspecified atom stereocenters. The van der Waals surface area contributed by atoms with Crippen LogP contribution >= 0.6 is 0 Å². The third kappa shape index (κ3) is 3.69. The highest BCUT2D eigenvalue weighted by Crippen LogP contribution is 2.24. The molecule has 126 valence electrons. The Morgan fingerprint density at radius 2 is 1.58 bits per heavy atom. The smallest absolute Gasteiger partial charge is 0.254 e. The molecule has 0 spiro atoms. The fourth-order valence-corrected chi connectivity index (χ4v) is 3.65. The first kappa shape index (κ1) is 16.8. The van der Waals surface area contributed by atoms with Crippen molar-refractivity contribution in [3.05, 3.63) is 70.3 Å². The number of rotatable bonds is 3. The number of amides is 1. The van der Waals surface area contributed by atoms with Crippen LogP contribution in [-0.2, 0) is 6.42 Å². The fraction of sp³-hybridized carbons (Fsp3) is 0.409. The molecular formula is C22H27NO. The number of carbonyl (C=O) groups excluding carboxylic acids is 1. The van der Waals surface area contributed by atoms with Crippen LogP contribution < -0.4 is 0 Å². The molecule has 0 bridgehead atoms. The molecule has 0 aromatic heterocycles. The van der Waals surface area contributed by atoms with Gasteiger partial charge in [0.05, 0.1) is 0 Å². The van der Waals surface area contributed by atoms with Gasteiger partial charge in [0.2, 0.25) is 0 Å². The lowest BCUT2D eigenvalue weighted by atomic mass is 9.89. The number of piperidine rings is 1. The maximum absolute atomic E-state index is 12.9. The van der Waals surface area contributed by atoms with E-state index in [-0.39, 0.29) is 5.91 Å². The largest absolute Gasteiger partial charge is 0.339 e. The summed E-state index contributed by atoms with van der Waals surface area (Å²) < 4.78 is 0. The molecule has 2 nitrogen and oxygen atoms in total. The third-order valence-electron chi connectivity index (χ3n) is 5.34. The van der Waals surface area contributed by atoms with E-state index in [1.54, 1.807) is 0 Å². The molecule has 1 amide bonds. The Labute approximate surface area is 145 Å². The molecule has 0 atom stereocenters. The van der Waals surface area contributed by atoms with Crippen molar-refractivity contribution in [2.24, 2.45) is 5.92 Å². The highest BCUT2D eigenvalue weighted by molar-refractivity contribution is 5.96. The second-order valence-electron chi connectivity index (χ2n) is 7.18. The standard InChI is InChI=1S/C22H27NO/c1-16-13-18(3)21(14-17(16)2)22(24)23-11-9-20(10-12-23)15-19-7-5-4-6-8-19/h4-8,13-14,20H,9-12,15H2,1-3H3. The van der Waals surface area contributed by atoms with E-state index in [4.69, 9.17) is 0 Å². The van der Waals surface area contributed by atoms with E-state index in [1.165, 1.54) is 16.7 Å². The first-order valence-corrected chi connectivity index (χ1v) is 8.95. The molecule has 2 aromatic carbocycles. The lowest BCUT2D eigenvalue weighted by molar-refractivity contribution is 0.0689. The molecule has 0 N–H and O–H groups in total. The van der Waals surface area contributed by atoms with Crippen molar-refractivity contribution in [3.8, 4) is 0 Å². The number of hydrogen-bond donors (Lipinski definition) is 0. The van der Waals surface area contributed by atoms with E-state index < -0.39 is 0 Å². The lowest BCUT2D eigenvalue weighted by Gasteiger charge is -2.32. The van der Waals surface area contributed by atoms with Gasteiger partial charge in [-0.1, -0.05) is 36.4 Å². The summed E-state index contributed by atoms with van der Waals surface area (Å²) in [4.78, 5) is 14.9. The highest BCUT2D eigenvalue weighted by Gasteiger charge is 2.24. The number of benzene rings is 2. The lowest BCUT2D eigenvalue weighted by Crippen LogP contribution is -2.39. The molecule has 24 heavy (non-hydrogen) atoms. The quantitative estimate of drug-likeness (QED) is 0.802. The van der Waals surface area contributed by atoms with E-state index in [0.29, 0.717) is 5.92 Å². The summed E-state index contributed by atoms with van der Waals surface area (Å²) in [5.41, 5.74) is 5.83. The highest BCUT2D eigenvalue weighted by atomic mass is 16.2. The van der Waals surface area contributed by atoms with E-state index in [0.717, 1.165) is 43.5 Å². The SMILES string of the molecule is Cc1cc(C)c(C(=O)N2CCC(Cc3ccccc3)CC2)cc1C. The molecule has 2 heteroatoms. The first-order chi connectivity index (χ1) is 11.5. The van der Waals surface area contributed by atoms with Crippen LogP contribution in [0, 0.1) is 26.7 Å². The summed E-state index contributed by atoms with van der Waals surface area (Å²) >= 11 is 0. The Morgan fingerprint density at radius 1 is 0.958 bits per heavy atom. The Morgan fingerprint density at radius 3 is 2.25 bits per heavy atom. The van der Waals surface area contributed by atoms with Crippen molar-refractivity contribution in [1.82, 2.24) is 4.90 Å². The fourth-order valence-electron chi connectivity index (χ4n) is 3.65. The van der Waals surface area contributed by atoms with Gasteiger partial charge >= 0.3 is 0 Å². The van der Waals surface area contributed by atoms with Gasteiger partial charge in [0.15, 0.2) is 0 Å². The van der Waals surface area contributed by atoms with Crippen molar-refractivity contribution in [2.45, 2.75) is 40.0 Å². The number of nitrogens with zero attached hydrogens (tertiary/aromatic N) is 1. The summed E-state index contributed by atoms with van der Waals surface area (Å²) in [6.45, 7) is 7.98. The zero-order valence-corrected chi connectivity index (χ0v) is 15.0. The summed E-state index contributed by atoms with van der Waals surface area (Å²) in [7, 11) is 0. The van der Waals surface area contributed by atoms with Crippen LogP contribution in [-0.4, -0.2) is 23.9 Å². The molecule has 1 fully saturated rings. The third-order valence-corrected chi connectivity index (χ3v) is 5.34. The summed E-state index contributed by atoms with van der Waals surface area (Å²) in [5.74, 6) is 0.895. The molecule has 0 aliphatic carbocycles. The normalized spacial score (nSPS) is 15.5. The van der Waals surface area contributed by atoms with Crippen molar-refractivity contribution >= 4 is 5.91 Å². The monoisotopic (exact) mass is 321 g/mol. The zero-order valence-electron chi connectivity index (χ0n) is 15.0. The minimum Gasteiger partial charge on any atom is -0.339 e. The van der Waals surface area contributed by atoms with E-state index in [1.807, 2.05) is 11.8 Å². The van der Waals surface area contributed by atoms with Gasteiger partial charge in [0.25, 0.3) is 5.91 Å². The maximum Gasteiger partial charge on any atom is 0.254 e. The second-order valence-corrected chi connectivity index (χ2v) is 7.18. The zero-order chi connectivity index (χ0) is 17.1. The van der Waals surface area contributed by atoms with Crippen LogP contribution in [0.3, 0.4) is 0 Å². The Hall–Kier alpha value is -2.09. The predicted octanol–water partition coefficient (Wildman–Crippen LogP) is 4.71. The molecule has 1 saturated heterocycles. The molecule has 0 radical (unpaired) electrons. The van der Waals surface area contributed by atoms with E-state index in [2.05, 4.69) is 56.3 Å². The van der Waals surface area contributed by atoms with Gasteiger partial charge in [-0.3, -0.25) is 4.79 Å². The minimum atomic E-state index is 0.203. The van der Waals surface area contributed by atoms with Crippen LogP contribution in [0.2, 0.25) is 0 Å². The average Bonchev–Trinajstić information content (AvgIpc) is 2.59. The van der Waals surface area contributed by atoms with Gasteiger partial charge in [0, 0.05) is 18.7 Å². The van der Waals surface area contributed by atoms with Crippen molar-refractivity contribution < 1.29 is 4.79 Å². The average molecular weight is 321 g/mol. The summed E-state index contributed by atoms with van der Waals surface area (Å²) in [6, 6.07) is 14.9. The predicted molar refractivity (Wildman–Crippen MR) is 99.4 cm³/mol. The number of hydrogen-bond acceptors (Lipinski definition) is 1. The molecule has 1 aliphatic rings.